The van der Waals surface area contributed by atoms with Gasteiger partial charge in [0.25, 0.3) is 0 Å². The molecule has 10 heteroatoms. The Kier molecular flexibility index (Phi) is 4.45. The van der Waals surface area contributed by atoms with Crippen LogP contribution in [0.5, 0.6) is 0 Å². The van der Waals surface area contributed by atoms with Crippen LogP contribution in [0, 0.1) is 11.3 Å². The van der Waals surface area contributed by atoms with Gasteiger partial charge >= 0.3 is 12.1 Å². The molecule has 0 saturated carbocycles. The minimum atomic E-state index is -4.67. The highest BCUT2D eigenvalue weighted by molar-refractivity contribution is 8.02. The van der Waals surface area contributed by atoms with Crippen LogP contribution in [0.4, 0.5) is 24.8 Å². The van der Waals surface area contributed by atoms with Crippen molar-refractivity contribution in [1.29, 1.82) is 5.26 Å². The van der Waals surface area contributed by atoms with E-state index in [1.807, 2.05) is 6.92 Å². The molecule has 3 rings (SSSR count). The van der Waals surface area contributed by atoms with E-state index in [4.69, 9.17) is 5.11 Å². The van der Waals surface area contributed by atoms with Gasteiger partial charge in [0.15, 0.2) is 0 Å². The van der Waals surface area contributed by atoms with Gasteiger partial charge in [-0.1, -0.05) is 0 Å². The van der Waals surface area contributed by atoms with E-state index in [1.54, 1.807) is 11.0 Å². The minimum absolute atomic E-state index is 0.0275. The molecule has 134 valence electrons. The predicted octanol–water partition coefficient (Wildman–Crippen LogP) is 2.88. The first-order valence-electron chi connectivity index (χ1n) is 7.65. The molecule has 2 atom stereocenters. The molecule has 3 heterocycles. The van der Waals surface area contributed by atoms with E-state index < -0.39 is 23.3 Å². The van der Waals surface area contributed by atoms with Crippen molar-refractivity contribution in [3.63, 3.8) is 0 Å². The van der Waals surface area contributed by atoms with E-state index in [9.17, 15) is 23.2 Å². The maximum Gasteiger partial charge on any atom is 0.417 e. The lowest BCUT2D eigenvalue weighted by molar-refractivity contribution is -0.138. The third-order valence-electron chi connectivity index (χ3n) is 4.30. The van der Waals surface area contributed by atoms with Crippen molar-refractivity contribution in [2.45, 2.75) is 37.2 Å². The van der Waals surface area contributed by atoms with Crippen molar-refractivity contribution in [1.82, 2.24) is 4.98 Å². The van der Waals surface area contributed by atoms with Crippen LogP contribution in [-0.4, -0.2) is 40.4 Å². The standard InChI is InChI=1S/C15H15F3N4O2S/c1-8-2-3-21(8)14-10(6-19)11(15(16,17)18)5-12(20-14)22-7-9(25-22)4-13(23)24/h5,8-9H,2-4,7H2,1H3,(H,23,24). The number of carboxylic acid groups (broad SMARTS) is 1. The Bertz CT molecular complexity index is 744. The molecule has 2 fully saturated rings. The maximum absolute atomic E-state index is 13.4. The molecular weight excluding hydrogens is 357 g/mol. The third-order valence-corrected chi connectivity index (χ3v) is 5.50. The number of hydrogen-bond donors (Lipinski definition) is 1. The average Bonchev–Trinajstić information content (AvgIpc) is 2.47. The highest BCUT2D eigenvalue weighted by atomic mass is 32.2. The third kappa shape index (κ3) is 3.33. The van der Waals surface area contributed by atoms with E-state index in [2.05, 4.69) is 4.98 Å². The van der Waals surface area contributed by atoms with Gasteiger partial charge in [-0.15, -0.1) is 0 Å². The number of aliphatic carboxylic acids is 1. The molecule has 1 aromatic rings. The Morgan fingerprint density at radius 3 is 2.68 bits per heavy atom. The second kappa shape index (κ2) is 6.29. The van der Waals surface area contributed by atoms with Gasteiger partial charge in [-0.25, -0.2) is 4.98 Å². The monoisotopic (exact) mass is 372 g/mol. The first-order valence-corrected chi connectivity index (χ1v) is 8.49. The normalized spacial score (nSPS) is 22.8. The van der Waals surface area contributed by atoms with Crippen molar-refractivity contribution < 1.29 is 23.1 Å². The lowest BCUT2D eigenvalue weighted by atomic mass is 10.0. The van der Waals surface area contributed by atoms with Crippen molar-refractivity contribution in [3.05, 3.63) is 17.2 Å². The van der Waals surface area contributed by atoms with E-state index in [0.717, 1.165) is 24.4 Å². The molecule has 2 saturated heterocycles. The summed E-state index contributed by atoms with van der Waals surface area (Å²) in [4.78, 5) is 16.7. The quantitative estimate of drug-likeness (QED) is 0.814. The summed E-state index contributed by atoms with van der Waals surface area (Å²) >= 11 is 1.16. The number of nitrogens with zero attached hydrogens (tertiary/aromatic N) is 4. The van der Waals surface area contributed by atoms with Crippen molar-refractivity contribution in [2.24, 2.45) is 0 Å². The molecule has 0 aromatic carbocycles. The summed E-state index contributed by atoms with van der Waals surface area (Å²) in [6.07, 6.45) is -3.89. The first-order chi connectivity index (χ1) is 11.7. The van der Waals surface area contributed by atoms with Crippen molar-refractivity contribution >= 4 is 29.6 Å². The molecule has 0 spiro atoms. The summed E-state index contributed by atoms with van der Waals surface area (Å²) in [5.41, 5.74) is -1.47. The zero-order valence-corrected chi connectivity index (χ0v) is 14.1. The number of carboxylic acids is 1. The van der Waals surface area contributed by atoms with Crippen LogP contribution in [0.25, 0.3) is 0 Å². The fraction of sp³-hybridized carbons (Fsp3) is 0.533. The van der Waals surface area contributed by atoms with E-state index >= 15 is 0 Å². The maximum atomic E-state index is 13.4. The van der Waals surface area contributed by atoms with Crippen LogP contribution in [0.15, 0.2) is 6.07 Å². The zero-order valence-electron chi connectivity index (χ0n) is 13.2. The Morgan fingerprint density at radius 2 is 2.24 bits per heavy atom. The SMILES string of the molecule is CC1CCN1c1nc(N2CC(CC(=O)O)S2)cc(C(F)(F)F)c1C#N. The highest BCUT2D eigenvalue weighted by Crippen LogP contribution is 2.43. The van der Waals surface area contributed by atoms with Gasteiger partial charge in [-0.05, 0) is 31.4 Å². The summed E-state index contributed by atoms with van der Waals surface area (Å²) in [5.74, 6) is -0.795. The number of carbonyl (C=O) groups is 1. The lowest BCUT2D eigenvalue weighted by Gasteiger charge is -2.42. The number of anilines is 2. The van der Waals surface area contributed by atoms with Gasteiger partial charge < -0.3 is 10.0 Å². The predicted molar refractivity (Wildman–Crippen MR) is 86.4 cm³/mol. The lowest BCUT2D eigenvalue weighted by Crippen LogP contribution is -2.47. The largest absolute Gasteiger partial charge is 0.481 e. The summed E-state index contributed by atoms with van der Waals surface area (Å²) in [6.45, 7) is 2.73. The van der Waals surface area contributed by atoms with Crippen LogP contribution in [0.2, 0.25) is 0 Å². The van der Waals surface area contributed by atoms with Crippen LogP contribution < -0.4 is 9.21 Å². The Labute approximate surface area is 146 Å². The van der Waals surface area contributed by atoms with Crippen LogP contribution in [-0.2, 0) is 11.0 Å². The first kappa shape index (κ1) is 17.7. The average molecular weight is 372 g/mol. The number of pyridine rings is 1. The summed E-state index contributed by atoms with van der Waals surface area (Å²) in [7, 11) is 0. The van der Waals surface area contributed by atoms with Crippen LogP contribution in [0.1, 0.15) is 30.9 Å². The number of aromatic nitrogens is 1. The van der Waals surface area contributed by atoms with Gasteiger partial charge in [0.05, 0.1) is 17.2 Å². The molecule has 0 bridgehead atoms. The number of halogens is 3. The molecule has 2 unspecified atom stereocenters. The molecule has 2 aliphatic rings. The number of rotatable bonds is 4. The Balaban J connectivity index is 1.96. The molecule has 2 aliphatic heterocycles. The zero-order chi connectivity index (χ0) is 18.4. The fourth-order valence-corrected chi connectivity index (χ4v) is 3.82. The molecule has 0 aliphatic carbocycles. The smallest absolute Gasteiger partial charge is 0.417 e. The molecule has 6 nitrogen and oxygen atoms in total. The van der Waals surface area contributed by atoms with Gasteiger partial charge in [0.1, 0.15) is 23.3 Å². The van der Waals surface area contributed by atoms with Crippen LogP contribution >= 0.6 is 11.9 Å². The Morgan fingerprint density at radius 1 is 1.56 bits per heavy atom. The fourth-order valence-electron chi connectivity index (χ4n) is 2.82. The van der Waals surface area contributed by atoms with Gasteiger partial charge in [-0.3, -0.25) is 9.10 Å². The van der Waals surface area contributed by atoms with Crippen molar-refractivity contribution in [2.75, 3.05) is 22.3 Å². The summed E-state index contributed by atoms with van der Waals surface area (Å²) in [6, 6.07) is 2.55. The number of nitriles is 1. The van der Waals surface area contributed by atoms with Gasteiger partial charge in [0.2, 0.25) is 0 Å². The Hall–Kier alpha value is -2.15. The van der Waals surface area contributed by atoms with Crippen molar-refractivity contribution in [3.8, 4) is 6.07 Å². The van der Waals surface area contributed by atoms with Gasteiger partial charge in [0, 0.05) is 19.1 Å². The minimum Gasteiger partial charge on any atom is -0.481 e. The summed E-state index contributed by atoms with van der Waals surface area (Å²) in [5, 5.41) is 17.8. The summed E-state index contributed by atoms with van der Waals surface area (Å²) < 4.78 is 41.8. The second-order valence-electron chi connectivity index (χ2n) is 6.05. The van der Waals surface area contributed by atoms with Gasteiger partial charge in [-0.2, -0.15) is 18.4 Å². The van der Waals surface area contributed by atoms with E-state index in [1.165, 1.54) is 4.31 Å². The number of hydrogen-bond acceptors (Lipinski definition) is 6. The number of alkyl halides is 3. The topological polar surface area (TPSA) is 80.5 Å². The van der Waals surface area contributed by atoms with Crippen LogP contribution in [0.3, 0.4) is 0 Å². The second-order valence-corrected chi connectivity index (χ2v) is 7.37. The molecule has 1 N–H and O–H groups in total. The molecule has 0 amide bonds. The molecular formula is C15H15F3N4O2S. The highest BCUT2D eigenvalue weighted by Gasteiger charge is 2.40. The molecule has 0 radical (unpaired) electrons. The van der Waals surface area contributed by atoms with E-state index in [-0.39, 0.29) is 29.3 Å². The molecule has 1 aromatic heterocycles. The van der Waals surface area contributed by atoms with E-state index in [0.29, 0.717) is 13.1 Å². The molecule has 25 heavy (non-hydrogen) atoms.